The van der Waals surface area contributed by atoms with Gasteiger partial charge in [0.2, 0.25) is 0 Å². The third-order valence-corrected chi connectivity index (χ3v) is 1.13. The molecule has 0 saturated carbocycles. The molecular weight excluding hydrogens is 202 g/mol. The van der Waals surface area contributed by atoms with E-state index >= 15 is 0 Å². The Hall–Kier alpha value is -0.460. The molecule has 0 saturated heterocycles. The van der Waals surface area contributed by atoms with Gasteiger partial charge < -0.3 is 4.74 Å². The van der Waals surface area contributed by atoms with Crippen LogP contribution in [-0.4, -0.2) is 25.1 Å². The van der Waals surface area contributed by atoms with Crippen LogP contribution in [0.2, 0.25) is 0 Å². The summed E-state index contributed by atoms with van der Waals surface area (Å²) >= 11 is 0. The molecule has 0 aliphatic heterocycles. The van der Waals surface area contributed by atoms with E-state index in [4.69, 9.17) is 0 Å². The summed E-state index contributed by atoms with van der Waals surface area (Å²) in [5, 5.41) is 0. The van der Waals surface area contributed by atoms with E-state index in [2.05, 4.69) is 4.74 Å². The van der Waals surface area contributed by atoms with Crippen molar-refractivity contribution in [2.24, 2.45) is 0 Å². The molecule has 80 valence electrons. The number of halogens is 6. The van der Waals surface area contributed by atoms with Gasteiger partial charge in [-0.25, -0.2) is 4.39 Å². The van der Waals surface area contributed by atoms with E-state index in [-0.39, 0.29) is 6.42 Å². The van der Waals surface area contributed by atoms with Crippen LogP contribution in [0.5, 0.6) is 0 Å². The zero-order valence-corrected chi connectivity index (χ0v) is 6.67. The fourth-order valence-electron chi connectivity index (χ4n) is 0.455. The van der Waals surface area contributed by atoms with Crippen molar-refractivity contribution in [1.29, 1.82) is 0 Å². The summed E-state index contributed by atoms with van der Waals surface area (Å²) in [4.78, 5) is 0. The van der Waals surface area contributed by atoms with Crippen molar-refractivity contribution >= 4 is 0 Å². The van der Waals surface area contributed by atoms with Crippen molar-refractivity contribution < 1.29 is 31.1 Å². The molecule has 0 bridgehead atoms. The second kappa shape index (κ2) is 4.17. The zero-order valence-electron chi connectivity index (χ0n) is 6.67. The summed E-state index contributed by atoms with van der Waals surface area (Å²) in [6, 6.07) is 0. The van der Waals surface area contributed by atoms with Crippen molar-refractivity contribution in [3.8, 4) is 0 Å². The Kier molecular flexibility index (Phi) is 4.02. The highest BCUT2D eigenvalue weighted by molar-refractivity contribution is 4.78. The minimum absolute atomic E-state index is 0.161. The molecule has 1 nitrogen and oxygen atoms in total. The van der Waals surface area contributed by atoms with Crippen molar-refractivity contribution in [2.45, 2.75) is 31.8 Å². The molecule has 0 fully saturated rings. The maximum Gasteiger partial charge on any atom is 0.459 e. The summed E-state index contributed by atoms with van der Waals surface area (Å²) in [6.45, 7) is 0.977. The summed E-state index contributed by atoms with van der Waals surface area (Å²) in [5.74, 6) is -5.44. The normalized spacial score (nSPS) is 15.9. The smallest absolute Gasteiger partial charge is 0.343 e. The van der Waals surface area contributed by atoms with E-state index in [0.717, 1.165) is 0 Å². The van der Waals surface area contributed by atoms with Crippen molar-refractivity contribution in [3.63, 3.8) is 0 Å². The average molecular weight is 210 g/mol. The van der Waals surface area contributed by atoms with Gasteiger partial charge in [0, 0.05) is 0 Å². The van der Waals surface area contributed by atoms with Crippen LogP contribution in [0.15, 0.2) is 0 Å². The molecular formula is C6H8F6O. The molecule has 1 atom stereocenters. The highest BCUT2D eigenvalue weighted by Crippen LogP contribution is 2.39. The lowest BCUT2D eigenvalue weighted by atomic mass is 10.3. The van der Waals surface area contributed by atoms with Crippen LogP contribution in [0, 0.1) is 0 Å². The molecule has 0 aliphatic carbocycles. The predicted molar refractivity (Wildman–Crippen MR) is 32.1 cm³/mol. The second-order valence-corrected chi connectivity index (χ2v) is 2.31. The lowest BCUT2D eigenvalue weighted by molar-refractivity contribution is -0.340. The maximum absolute atomic E-state index is 12.2. The summed E-state index contributed by atoms with van der Waals surface area (Å²) < 4.78 is 74.2. The molecule has 1 unspecified atom stereocenters. The van der Waals surface area contributed by atoms with Crippen LogP contribution in [-0.2, 0) is 4.74 Å². The van der Waals surface area contributed by atoms with Crippen LogP contribution in [0.25, 0.3) is 0 Å². The predicted octanol–water partition coefficient (Wildman–Crippen LogP) is 2.91. The van der Waals surface area contributed by atoms with Gasteiger partial charge in [0.25, 0.3) is 6.36 Å². The fourth-order valence-corrected chi connectivity index (χ4v) is 0.455. The Morgan fingerprint density at radius 1 is 1.15 bits per heavy atom. The monoisotopic (exact) mass is 210 g/mol. The molecule has 0 aliphatic rings. The van der Waals surface area contributed by atoms with E-state index in [1.54, 1.807) is 0 Å². The third-order valence-electron chi connectivity index (χ3n) is 1.13. The Balaban J connectivity index is 4.27. The highest BCUT2D eigenvalue weighted by Gasteiger charge is 2.64. The van der Waals surface area contributed by atoms with Crippen LogP contribution in [0.3, 0.4) is 0 Å². The van der Waals surface area contributed by atoms with Gasteiger partial charge in [-0.3, -0.25) is 0 Å². The topological polar surface area (TPSA) is 9.23 Å². The number of alkyl halides is 6. The molecule has 0 aromatic heterocycles. The Labute approximate surface area is 70.7 Å². The first-order chi connectivity index (χ1) is 5.73. The first kappa shape index (κ1) is 12.5. The van der Waals surface area contributed by atoms with Gasteiger partial charge in [-0.05, 0) is 6.42 Å². The SMILES string of the molecule is CCCOC(F)C(F)(F)C(F)(F)F. The van der Waals surface area contributed by atoms with Crippen LogP contribution in [0.1, 0.15) is 13.3 Å². The minimum atomic E-state index is -5.92. The van der Waals surface area contributed by atoms with Crippen molar-refractivity contribution in [3.05, 3.63) is 0 Å². The number of rotatable bonds is 4. The number of ether oxygens (including phenoxy) is 1. The van der Waals surface area contributed by atoms with E-state index in [1.807, 2.05) is 0 Å². The highest BCUT2D eigenvalue weighted by atomic mass is 19.4. The molecule has 7 heteroatoms. The Morgan fingerprint density at radius 2 is 1.62 bits per heavy atom. The lowest BCUT2D eigenvalue weighted by Crippen LogP contribution is -2.46. The molecule has 0 aromatic carbocycles. The van der Waals surface area contributed by atoms with Gasteiger partial charge in [-0.2, -0.15) is 22.0 Å². The quantitative estimate of drug-likeness (QED) is 0.648. The van der Waals surface area contributed by atoms with Crippen molar-refractivity contribution in [2.75, 3.05) is 6.61 Å². The summed E-state index contributed by atoms with van der Waals surface area (Å²) in [7, 11) is 0. The Bertz CT molecular complexity index is 154. The van der Waals surface area contributed by atoms with Crippen LogP contribution in [0.4, 0.5) is 26.3 Å². The Morgan fingerprint density at radius 3 is 1.92 bits per heavy atom. The maximum atomic E-state index is 12.2. The van der Waals surface area contributed by atoms with Crippen LogP contribution < -0.4 is 0 Å². The number of hydrogen-bond acceptors (Lipinski definition) is 1. The summed E-state index contributed by atoms with van der Waals surface area (Å²) in [6.07, 6.45) is -9.39. The molecule has 0 radical (unpaired) electrons. The molecule has 0 amide bonds. The van der Waals surface area contributed by atoms with E-state index < -0.39 is 25.1 Å². The van der Waals surface area contributed by atoms with E-state index in [9.17, 15) is 26.3 Å². The zero-order chi connectivity index (χ0) is 10.7. The standard InChI is InChI=1S/C6H8F6O/c1-2-3-13-4(7)5(8,9)6(10,11)12/h4H,2-3H2,1H3. The summed E-state index contributed by atoms with van der Waals surface area (Å²) in [5.41, 5.74) is 0. The van der Waals surface area contributed by atoms with Gasteiger partial charge >= 0.3 is 12.1 Å². The molecule has 0 heterocycles. The van der Waals surface area contributed by atoms with Gasteiger partial charge in [0.1, 0.15) is 0 Å². The lowest BCUT2D eigenvalue weighted by Gasteiger charge is -2.22. The molecule has 13 heavy (non-hydrogen) atoms. The third kappa shape index (κ3) is 3.06. The largest absolute Gasteiger partial charge is 0.459 e. The molecule has 0 N–H and O–H groups in total. The van der Waals surface area contributed by atoms with Crippen LogP contribution >= 0.6 is 0 Å². The fraction of sp³-hybridized carbons (Fsp3) is 1.00. The van der Waals surface area contributed by atoms with Gasteiger partial charge in [-0.1, -0.05) is 6.92 Å². The minimum Gasteiger partial charge on any atom is -0.343 e. The first-order valence-electron chi connectivity index (χ1n) is 3.43. The van der Waals surface area contributed by atoms with Gasteiger partial charge in [0.05, 0.1) is 6.61 Å². The van der Waals surface area contributed by atoms with Crippen molar-refractivity contribution in [1.82, 2.24) is 0 Å². The van der Waals surface area contributed by atoms with Gasteiger partial charge in [-0.15, -0.1) is 0 Å². The number of hydrogen-bond donors (Lipinski definition) is 0. The molecule has 0 rings (SSSR count). The molecule has 0 spiro atoms. The average Bonchev–Trinajstić information content (AvgIpc) is 1.97. The molecule has 0 aromatic rings. The van der Waals surface area contributed by atoms with E-state index in [0.29, 0.717) is 0 Å². The first-order valence-corrected chi connectivity index (χ1v) is 3.43. The van der Waals surface area contributed by atoms with E-state index in [1.165, 1.54) is 6.92 Å². The van der Waals surface area contributed by atoms with Gasteiger partial charge in [0.15, 0.2) is 0 Å². The second-order valence-electron chi connectivity index (χ2n) is 2.31.